The lowest BCUT2D eigenvalue weighted by Crippen LogP contribution is -2.62. The number of carbonyl (C=O) groups excluding carboxylic acids is 3. The molecule has 0 bridgehead atoms. The van der Waals surface area contributed by atoms with Gasteiger partial charge in [0.2, 0.25) is 0 Å². The first kappa shape index (κ1) is 53.8. The molecule has 0 N–H and O–H groups in total. The van der Waals surface area contributed by atoms with Gasteiger partial charge in [0, 0.05) is 71.8 Å². The maximum Gasteiger partial charge on any atom is 0.338 e. The van der Waals surface area contributed by atoms with Crippen molar-refractivity contribution in [2.24, 2.45) is 0 Å². The minimum atomic E-state index is -0.649. The minimum absolute atomic E-state index is 0.0574. The van der Waals surface area contributed by atoms with E-state index in [1.807, 2.05) is 120 Å². The van der Waals surface area contributed by atoms with Crippen LogP contribution in [0.2, 0.25) is 0 Å². The van der Waals surface area contributed by atoms with Gasteiger partial charge in [0.25, 0.3) is 0 Å². The summed E-state index contributed by atoms with van der Waals surface area (Å²) in [4.78, 5) is 63.1. The molecule has 3 aliphatic heterocycles. The Labute approximate surface area is 423 Å². The molecule has 0 aromatic heterocycles. The maximum absolute atomic E-state index is 14.5. The molecular formula is C59H79N3O9. The first-order chi connectivity index (χ1) is 33.2. The number of hydrogen-bond acceptors (Lipinski definition) is 12. The lowest BCUT2D eigenvalue weighted by Gasteiger charge is -2.54. The van der Waals surface area contributed by atoms with Gasteiger partial charge in [0.1, 0.15) is 30.5 Å². The van der Waals surface area contributed by atoms with Crippen LogP contribution in [-0.4, -0.2) is 84.6 Å². The Morgan fingerprint density at radius 2 is 0.704 bits per heavy atom. The molecular weight excluding hydrogens is 895 g/mol. The summed E-state index contributed by atoms with van der Waals surface area (Å²) >= 11 is 0. The lowest BCUT2D eigenvalue weighted by molar-refractivity contribution is -0.313. The molecule has 0 radical (unpaired) electrons. The second kappa shape index (κ2) is 20.9. The van der Waals surface area contributed by atoms with Crippen LogP contribution in [0.1, 0.15) is 195 Å². The summed E-state index contributed by atoms with van der Waals surface area (Å²) in [6.07, 6.45) is 1.04. The van der Waals surface area contributed by atoms with Crippen molar-refractivity contribution in [3.63, 3.8) is 0 Å². The molecule has 7 rings (SSSR count). The predicted molar refractivity (Wildman–Crippen MR) is 275 cm³/mol. The highest BCUT2D eigenvalue weighted by molar-refractivity contribution is 6.00. The molecule has 12 heteroatoms. The van der Waals surface area contributed by atoms with Gasteiger partial charge in [-0.25, -0.2) is 14.4 Å². The molecule has 71 heavy (non-hydrogen) atoms. The summed E-state index contributed by atoms with van der Waals surface area (Å²) in [5.41, 5.74) is 0.232. The van der Waals surface area contributed by atoms with E-state index in [4.69, 9.17) is 28.7 Å². The number of nitrogens with zero attached hydrogens (tertiary/aromatic N) is 3. The van der Waals surface area contributed by atoms with E-state index in [0.29, 0.717) is 45.1 Å². The van der Waals surface area contributed by atoms with Gasteiger partial charge in [0.15, 0.2) is 0 Å². The zero-order chi connectivity index (χ0) is 51.7. The zero-order valence-electron chi connectivity index (χ0n) is 44.7. The number of hydrogen-bond donors (Lipinski definition) is 0. The number of rotatable bonds is 15. The topological polar surface area (TPSA) is 116 Å². The normalized spacial score (nSPS) is 22.2. The van der Waals surface area contributed by atoms with E-state index in [1.54, 1.807) is 0 Å². The van der Waals surface area contributed by atoms with E-state index >= 15 is 0 Å². The van der Waals surface area contributed by atoms with E-state index in [2.05, 4.69) is 83.1 Å². The van der Waals surface area contributed by atoms with Gasteiger partial charge >= 0.3 is 17.9 Å². The predicted octanol–water partition coefficient (Wildman–Crippen LogP) is 12.7. The van der Waals surface area contributed by atoms with Crippen LogP contribution < -0.4 is 0 Å². The fourth-order valence-corrected chi connectivity index (χ4v) is 11.9. The molecule has 4 aromatic rings. The molecule has 0 saturated carbocycles. The Hall–Kier alpha value is -4.95. The fraction of sp³-hybridized carbons (Fsp3) is 0.542. The third-order valence-corrected chi connectivity index (χ3v) is 14.4. The highest BCUT2D eigenvalue weighted by Crippen LogP contribution is 2.45. The van der Waals surface area contributed by atoms with Gasteiger partial charge in [-0.2, -0.15) is 15.2 Å². The van der Waals surface area contributed by atoms with Gasteiger partial charge in [-0.05, 0) is 132 Å². The highest BCUT2D eigenvalue weighted by atomic mass is 16.7. The third-order valence-electron chi connectivity index (χ3n) is 14.4. The van der Waals surface area contributed by atoms with Crippen LogP contribution in [0.15, 0.2) is 109 Å². The Kier molecular flexibility index (Phi) is 15.8. The van der Waals surface area contributed by atoms with Crippen molar-refractivity contribution in [3.8, 4) is 0 Å². The molecule has 384 valence electrons. The SMILES string of the molecule is CC(ON1C(C)(C)CC(OC(=O)c2cc(C(=O)OC3CC(C)(C)N(OCc4ccccc4)C(C)(C)C3)cc(C(=O)OC3CC(C)(C)N(OC(C)c4ccccc4)C(C)(C)C3)c2)CC1(C)C)c1ccccc1. The van der Waals surface area contributed by atoms with E-state index in [1.165, 1.54) is 18.2 Å². The molecule has 4 aromatic carbocycles. The van der Waals surface area contributed by atoms with Gasteiger partial charge in [-0.1, -0.05) is 91.0 Å². The maximum atomic E-state index is 14.5. The van der Waals surface area contributed by atoms with Crippen LogP contribution in [-0.2, 0) is 35.3 Å². The molecule has 3 fully saturated rings. The lowest BCUT2D eigenvalue weighted by atomic mass is 9.80. The number of benzene rings is 4. The molecule has 2 atom stereocenters. The Morgan fingerprint density at radius 3 is 1.00 bits per heavy atom. The number of esters is 3. The van der Waals surface area contributed by atoms with Crippen LogP contribution >= 0.6 is 0 Å². The Morgan fingerprint density at radius 1 is 0.437 bits per heavy atom. The van der Waals surface area contributed by atoms with Crippen LogP contribution in [0.4, 0.5) is 0 Å². The molecule has 3 saturated heterocycles. The van der Waals surface area contributed by atoms with Gasteiger partial charge in [0.05, 0.1) is 23.3 Å². The van der Waals surface area contributed by atoms with Crippen molar-refractivity contribution in [1.29, 1.82) is 0 Å². The van der Waals surface area contributed by atoms with E-state index < -0.39 is 69.5 Å². The number of piperidine rings is 3. The zero-order valence-corrected chi connectivity index (χ0v) is 44.7. The Bertz CT molecular complexity index is 2300. The van der Waals surface area contributed by atoms with Crippen molar-refractivity contribution in [2.45, 2.75) is 206 Å². The number of hydroxylamine groups is 6. The van der Waals surface area contributed by atoms with Gasteiger partial charge in [-0.3, -0.25) is 14.5 Å². The standard InChI is InChI=1S/C59H79N3O9/c1-40(43-26-20-16-21-27-43)70-61-56(7,8)35-49(36-57(61,9)10)68-52(64)46-30-45(51(63)67-48-33-54(3,4)60(55(5,6)34-48)66-39-42-24-18-15-19-25-42)31-47(32-46)53(65)69-50-37-58(11,12)62(59(13,14)38-50)71-41(2)44-28-22-17-23-29-44/h15-32,40-41,48-50H,33-39H2,1-14H3. The average molecular weight is 974 g/mol. The van der Waals surface area contributed by atoms with Gasteiger partial charge < -0.3 is 14.2 Å². The van der Waals surface area contributed by atoms with Crippen molar-refractivity contribution in [1.82, 2.24) is 15.2 Å². The van der Waals surface area contributed by atoms with Gasteiger partial charge in [-0.15, -0.1) is 0 Å². The number of carbonyl (C=O) groups is 3. The fourth-order valence-electron chi connectivity index (χ4n) is 11.9. The highest BCUT2D eigenvalue weighted by Gasteiger charge is 2.51. The second-order valence-electron chi connectivity index (χ2n) is 23.9. The Balaban J connectivity index is 1.11. The van der Waals surface area contributed by atoms with Crippen molar-refractivity contribution in [3.05, 3.63) is 143 Å². The summed E-state index contributed by atoms with van der Waals surface area (Å²) in [7, 11) is 0. The van der Waals surface area contributed by atoms with Crippen molar-refractivity contribution < 1.29 is 43.1 Å². The monoisotopic (exact) mass is 974 g/mol. The largest absolute Gasteiger partial charge is 0.459 e. The quantitative estimate of drug-likeness (QED) is 0.0834. The molecule has 3 aliphatic rings. The first-order valence-corrected chi connectivity index (χ1v) is 25.5. The molecule has 0 amide bonds. The third kappa shape index (κ3) is 12.8. The number of ether oxygens (including phenoxy) is 3. The van der Waals surface area contributed by atoms with Crippen LogP contribution in [0.25, 0.3) is 0 Å². The smallest absolute Gasteiger partial charge is 0.338 e. The molecule has 3 heterocycles. The molecule has 12 nitrogen and oxygen atoms in total. The summed E-state index contributed by atoms with van der Waals surface area (Å²) in [6.45, 7) is 29.5. The average Bonchev–Trinajstić information content (AvgIpc) is 3.28. The van der Waals surface area contributed by atoms with E-state index in [9.17, 15) is 14.4 Å². The first-order valence-electron chi connectivity index (χ1n) is 25.5. The molecule has 0 spiro atoms. The summed E-state index contributed by atoms with van der Waals surface area (Å²) in [6, 6.07) is 34.6. The van der Waals surface area contributed by atoms with Crippen LogP contribution in [0, 0.1) is 0 Å². The van der Waals surface area contributed by atoms with Crippen molar-refractivity contribution in [2.75, 3.05) is 0 Å². The summed E-state index contributed by atoms with van der Waals surface area (Å²) in [5.74, 6) is -1.95. The van der Waals surface area contributed by atoms with E-state index in [-0.39, 0.29) is 28.9 Å². The van der Waals surface area contributed by atoms with Crippen molar-refractivity contribution >= 4 is 17.9 Å². The minimum Gasteiger partial charge on any atom is -0.459 e. The molecule has 0 aliphatic carbocycles. The summed E-state index contributed by atoms with van der Waals surface area (Å²) in [5, 5.41) is 6.10. The second-order valence-corrected chi connectivity index (χ2v) is 23.9. The van der Waals surface area contributed by atoms with Crippen LogP contribution in [0.3, 0.4) is 0 Å². The molecule has 2 unspecified atom stereocenters. The summed E-state index contributed by atoms with van der Waals surface area (Å²) < 4.78 is 19.0. The van der Waals surface area contributed by atoms with Crippen LogP contribution in [0.5, 0.6) is 0 Å². The van der Waals surface area contributed by atoms with E-state index in [0.717, 1.165) is 16.7 Å².